The van der Waals surface area contributed by atoms with Crippen molar-refractivity contribution in [1.29, 1.82) is 5.26 Å². The van der Waals surface area contributed by atoms with Crippen molar-refractivity contribution in [2.45, 2.75) is 44.6 Å². The largest absolute Gasteiger partial charge is 0.484 e. The summed E-state index contributed by atoms with van der Waals surface area (Å²) in [4.78, 5) is 22.1. The first-order chi connectivity index (χ1) is 17.1. The number of aromatic nitrogens is 2. The number of alkyl halides is 3. The Morgan fingerprint density at radius 2 is 1.92 bits per heavy atom. The van der Waals surface area contributed by atoms with E-state index < -0.39 is 11.7 Å². The molecule has 10 heteroatoms. The van der Waals surface area contributed by atoms with Crippen molar-refractivity contribution in [3.05, 3.63) is 63.6 Å². The molecule has 0 saturated carbocycles. The molecule has 0 aliphatic carbocycles. The molecule has 0 bridgehead atoms. The zero-order valence-corrected chi connectivity index (χ0v) is 20.2. The summed E-state index contributed by atoms with van der Waals surface area (Å²) in [5, 5.41) is 9.41. The molecular weight excluding hydrogens is 471 g/mol. The highest BCUT2D eigenvalue weighted by molar-refractivity contribution is 5.93. The van der Waals surface area contributed by atoms with Gasteiger partial charge in [-0.3, -0.25) is 9.69 Å². The van der Waals surface area contributed by atoms with Gasteiger partial charge in [-0.15, -0.1) is 0 Å². The van der Waals surface area contributed by atoms with E-state index in [9.17, 15) is 23.2 Å². The van der Waals surface area contributed by atoms with Gasteiger partial charge in [0, 0.05) is 32.2 Å². The summed E-state index contributed by atoms with van der Waals surface area (Å²) in [6.45, 7) is 5.59. The number of nitrogens with zero attached hydrogens (tertiary/aromatic N) is 5. The van der Waals surface area contributed by atoms with Crippen LogP contribution in [0.4, 0.5) is 18.9 Å². The summed E-state index contributed by atoms with van der Waals surface area (Å²) < 4.78 is 46.6. The fourth-order valence-corrected chi connectivity index (χ4v) is 5.37. The van der Waals surface area contributed by atoms with Gasteiger partial charge in [-0.1, -0.05) is 19.1 Å². The van der Waals surface area contributed by atoms with E-state index in [0.717, 1.165) is 24.1 Å². The minimum atomic E-state index is -4.37. The molecule has 1 saturated heterocycles. The topological polar surface area (TPSA) is 74.4 Å². The quantitative estimate of drug-likeness (QED) is 0.539. The van der Waals surface area contributed by atoms with Gasteiger partial charge in [0.2, 0.25) is 5.75 Å². The molecule has 1 aromatic carbocycles. The van der Waals surface area contributed by atoms with Gasteiger partial charge in [0.05, 0.1) is 17.1 Å². The molecule has 1 unspecified atom stereocenters. The van der Waals surface area contributed by atoms with Crippen LogP contribution in [0.5, 0.6) is 5.75 Å². The maximum absolute atomic E-state index is 13.1. The first kappa shape index (κ1) is 24.1. The van der Waals surface area contributed by atoms with Gasteiger partial charge in [0.1, 0.15) is 29.6 Å². The lowest BCUT2D eigenvalue weighted by atomic mass is 9.96. The number of anilines is 1. The number of piperazine rings is 1. The number of rotatable bonds is 3. The molecule has 1 fully saturated rings. The molecule has 0 N–H and O–H groups in total. The van der Waals surface area contributed by atoms with Gasteiger partial charge in [-0.25, -0.2) is 4.98 Å². The maximum Gasteiger partial charge on any atom is 0.416 e. The fourth-order valence-electron chi connectivity index (χ4n) is 5.37. The van der Waals surface area contributed by atoms with Crippen LogP contribution in [0.15, 0.2) is 41.2 Å². The van der Waals surface area contributed by atoms with E-state index >= 15 is 0 Å². The summed E-state index contributed by atoms with van der Waals surface area (Å²) in [6.07, 6.45) is -3.56. The Morgan fingerprint density at radius 3 is 2.56 bits per heavy atom. The van der Waals surface area contributed by atoms with Crippen LogP contribution in [-0.2, 0) is 13.2 Å². The minimum absolute atomic E-state index is 0.0833. The van der Waals surface area contributed by atoms with E-state index in [4.69, 9.17) is 4.74 Å². The van der Waals surface area contributed by atoms with E-state index in [0.29, 0.717) is 36.4 Å². The number of nitriles is 1. The Bertz CT molecular complexity index is 1410. The lowest BCUT2D eigenvalue weighted by Gasteiger charge is -2.51. The van der Waals surface area contributed by atoms with Crippen LogP contribution >= 0.6 is 0 Å². The normalized spacial score (nSPS) is 20.9. The molecule has 188 valence electrons. The number of aryl methyl sites for hydroxylation is 1. The van der Waals surface area contributed by atoms with Gasteiger partial charge in [0.15, 0.2) is 0 Å². The zero-order valence-electron chi connectivity index (χ0n) is 20.2. The van der Waals surface area contributed by atoms with E-state index in [-0.39, 0.29) is 35.1 Å². The van der Waals surface area contributed by atoms with E-state index in [1.807, 2.05) is 6.92 Å². The van der Waals surface area contributed by atoms with Gasteiger partial charge in [-0.2, -0.15) is 18.4 Å². The number of ether oxygens (including phenoxy) is 1. The molecule has 0 amide bonds. The van der Waals surface area contributed by atoms with Gasteiger partial charge >= 0.3 is 6.18 Å². The van der Waals surface area contributed by atoms with Crippen molar-refractivity contribution in [3.8, 4) is 11.8 Å². The van der Waals surface area contributed by atoms with Gasteiger partial charge < -0.3 is 14.2 Å². The number of hydrogen-bond donors (Lipinski definition) is 0. The number of halogens is 3. The molecule has 3 atom stereocenters. The predicted molar refractivity (Wildman–Crippen MR) is 129 cm³/mol. The van der Waals surface area contributed by atoms with Gasteiger partial charge in [-0.05, 0) is 43.2 Å². The third-order valence-electron chi connectivity index (χ3n) is 7.42. The Morgan fingerprint density at radius 1 is 1.19 bits per heavy atom. The molecule has 0 spiro atoms. The molecule has 5 rings (SSSR count). The molecule has 4 heterocycles. The van der Waals surface area contributed by atoms with Crippen molar-refractivity contribution >= 4 is 16.7 Å². The Labute approximate surface area is 206 Å². The summed E-state index contributed by atoms with van der Waals surface area (Å²) in [5.41, 5.74) is 1.94. The van der Waals surface area contributed by atoms with Crippen LogP contribution in [0, 0.1) is 11.3 Å². The molecule has 7 nitrogen and oxygen atoms in total. The summed E-state index contributed by atoms with van der Waals surface area (Å²) in [7, 11) is 1.66. The molecular formula is C26H26F3N5O2. The van der Waals surface area contributed by atoms with Gasteiger partial charge in [0.25, 0.3) is 5.56 Å². The van der Waals surface area contributed by atoms with E-state index in [1.165, 1.54) is 4.57 Å². The van der Waals surface area contributed by atoms with Crippen LogP contribution in [0.3, 0.4) is 0 Å². The second kappa shape index (κ2) is 8.82. The van der Waals surface area contributed by atoms with Crippen LogP contribution < -0.4 is 15.2 Å². The smallest absolute Gasteiger partial charge is 0.416 e. The molecule has 2 aliphatic heterocycles. The predicted octanol–water partition coefficient (Wildman–Crippen LogP) is 4.25. The first-order valence-corrected chi connectivity index (χ1v) is 11.9. The molecule has 2 aromatic heterocycles. The second-order valence-corrected chi connectivity index (χ2v) is 9.39. The van der Waals surface area contributed by atoms with E-state index in [1.54, 1.807) is 31.3 Å². The monoisotopic (exact) mass is 497 g/mol. The lowest BCUT2D eigenvalue weighted by Crippen LogP contribution is -2.62. The van der Waals surface area contributed by atoms with E-state index in [2.05, 4.69) is 27.8 Å². The van der Waals surface area contributed by atoms with Crippen LogP contribution in [0.25, 0.3) is 11.0 Å². The lowest BCUT2D eigenvalue weighted by molar-refractivity contribution is -0.137. The summed E-state index contributed by atoms with van der Waals surface area (Å²) in [6, 6.07) is 10.6. The van der Waals surface area contributed by atoms with Crippen molar-refractivity contribution in [2.75, 3.05) is 24.6 Å². The third kappa shape index (κ3) is 3.88. The van der Waals surface area contributed by atoms with Crippen molar-refractivity contribution in [3.63, 3.8) is 0 Å². The Balaban J connectivity index is 1.52. The number of fused-ring (bicyclic) bond motifs is 5. The summed E-state index contributed by atoms with van der Waals surface area (Å²) in [5.74, 6) is 0.239. The number of benzene rings is 1. The Hall–Kier alpha value is -3.58. The van der Waals surface area contributed by atoms with Crippen LogP contribution in [-0.4, -0.2) is 46.2 Å². The highest BCUT2D eigenvalue weighted by Gasteiger charge is 2.41. The average molecular weight is 498 g/mol. The van der Waals surface area contributed by atoms with Crippen molar-refractivity contribution in [2.24, 2.45) is 7.05 Å². The number of hydrogen-bond acceptors (Lipinski definition) is 6. The third-order valence-corrected chi connectivity index (χ3v) is 7.42. The van der Waals surface area contributed by atoms with Crippen molar-refractivity contribution in [1.82, 2.24) is 14.5 Å². The highest BCUT2D eigenvalue weighted by Crippen LogP contribution is 2.41. The van der Waals surface area contributed by atoms with Crippen LogP contribution in [0.2, 0.25) is 0 Å². The minimum Gasteiger partial charge on any atom is -0.484 e. The number of pyridine rings is 2. The zero-order chi connectivity index (χ0) is 25.8. The standard InChI is InChI=1S/C26H26F3N5O2/c1-4-19-12-34-20(13-33(19)15(2)16-5-7-17(8-6-16)26(27,28)29)14-36-24-23(34)22-21(32(3)25(24)35)10-9-18(11-30)31-22/h5-10,15,19-20H,4,12-14H2,1-3H3/t15?,19-,20+/m1/s1. The molecule has 3 aromatic rings. The molecule has 2 aliphatic rings. The molecule has 36 heavy (non-hydrogen) atoms. The maximum atomic E-state index is 13.1. The second-order valence-electron chi connectivity index (χ2n) is 9.39. The summed E-state index contributed by atoms with van der Waals surface area (Å²) >= 11 is 0. The Kier molecular flexibility index (Phi) is 5.91. The SMILES string of the molecule is CC[C@@H]1CN2c3c(c(=O)n(C)c4ccc(C#N)nc34)OC[C@@H]2CN1C(C)c1ccc(C(F)(F)F)cc1. The molecule has 0 radical (unpaired) electrons. The van der Waals surface area contributed by atoms with Crippen LogP contribution in [0.1, 0.15) is 43.1 Å². The fraction of sp³-hybridized carbons (Fsp3) is 0.423. The highest BCUT2D eigenvalue weighted by atomic mass is 19.4. The average Bonchev–Trinajstić information content (AvgIpc) is 2.89. The first-order valence-electron chi connectivity index (χ1n) is 11.9. The van der Waals surface area contributed by atoms with Crippen molar-refractivity contribution < 1.29 is 17.9 Å².